The summed E-state index contributed by atoms with van der Waals surface area (Å²) in [7, 11) is 1.59. The van der Waals surface area contributed by atoms with Crippen molar-refractivity contribution in [1.29, 1.82) is 0 Å². The first-order valence-corrected chi connectivity index (χ1v) is 5.62. The molecule has 2 rings (SSSR count). The molecule has 0 aliphatic rings. The Labute approximate surface area is 104 Å². The number of carbonyl (C=O) groups excluding carboxylic acids is 1. The molecule has 88 valence electrons. The largest absolute Gasteiger partial charge is 0.495 e. The lowest BCUT2D eigenvalue weighted by Gasteiger charge is -2.08. The molecule has 17 heavy (non-hydrogen) atoms. The smallest absolute Gasteiger partial charge is 0.228 e. The minimum atomic E-state index is -0.361. The Bertz CT molecular complexity index is 568. The maximum absolute atomic E-state index is 11.1. The number of carbonyl (C=O) groups is 1. The molecule has 0 saturated carbocycles. The van der Waals surface area contributed by atoms with Crippen LogP contribution in [0, 0.1) is 0 Å². The zero-order chi connectivity index (χ0) is 12.4. The third-order valence-electron chi connectivity index (χ3n) is 2.76. The van der Waals surface area contributed by atoms with Crippen LogP contribution in [0.4, 0.5) is 0 Å². The average Bonchev–Trinajstić information content (AvgIpc) is 2.36. The quantitative estimate of drug-likeness (QED) is 0.785. The lowest BCUT2D eigenvalue weighted by molar-refractivity contribution is -0.112. The van der Waals surface area contributed by atoms with Crippen LogP contribution in [-0.2, 0) is 4.79 Å². The van der Waals surface area contributed by atoms with E-state index in [2.05, 4.69) is 4.98 Å². The molecular weight excluding hydrogens is 238 g/mol. The lowest BCUT2D eigenvalue weighted by atomic mass is 10.0. The van der Waals surface area contributed by atoms with E-state index >= 15 is 0 Å². The molecule has 0 bridgehead atoms. The summed E-state index contributed by atoms with van der Waals surface area (Å²) in [6.07, 6.45) is 1.66. The fourth-order valence-electron chi connectivity index (χ4n) is 1.64. The Balaban J connectivity index is 2.51. The summed E-state index contributed by atoms with van der Waals surface area (Å²) >= 11 is 5.49. The highest BCUT2D eigenvalue weighted by Gasteiger charge is 2.13. The van der Waals surface area contributed by atoms with Crippen molar-refractivity contribution in [3.63, 3.8) is 0 Å². The van der Waals surface area contributed by atoms with Gasteiger partial charge in [-0.15, -0.1) is 0 Å². The minimum Gasteiger partial charge on any atom is -0.495 e. The number of rotatable bonds is 3. The molecule has 3 nitrogen and oxygen atoms in total. The fourth-order valence-corrected chi connectivity index (χ4v) is 1.77. The normalized spacial score (nSPS) is 12.4. The SMILES string of the molecule is COc1cnc2ccc(C(C)C(=O)Cl)cc2c1. The van der Waals surface area contributed by atoms with E-state index in [-0.39, 0.29) is 11.2 Å². The Morgan fingerprint density at radius 2 is 2.18 bits per heavy atom. The molecule has 0 fully saturated rings. The van der Waals surface area contributed by atoms with Gasteiger partial charge in [0.1, 0.15) is 5.75 Å². The molecule has 1 heterocycles. The zero-order valence-electron chi connectivity index (χ0n) is 9.61. The molecular formula is C13H12ClNO2. The van der Waals surface area contributed by atoms with Crippen molar-refractivity contribution < 1.29 is 9.53 Å². The van der Waals surface area contributed by atoms with Crippen LogP contribution in [-0.4, -0.2) is 17.3 Å². The van der Waals surface area contributed by atoms with Gasteiger partial charge in [0, 0.05) is 5.39 Å². The van der Waals surface area contributed by atoms with Crippen molar-refractivity contribution in [3.05, 3.63) is 36.0 Å². The predicted octanol–water partition coefficient (Wildman–Crippen LogP) is 3.11. The van der Waals surface area contributed by atoms with Crippen LogP contribution < -0.4 is 4.74 Å². The summed E-state index contributed by atoms with van der Waals surface area (Å²) < 4.78 is 5.11. The number of halogens is 1. The van der Waals surface area contributed by atoms with E-state index in [9.17, 15) is 4.79 Å². The van der Waals surface area contributed by atoms with E-state index in [4.69, 9.17) is 16.3 Å². The molecule has 1 aromatic heterocycles. The number of hydrogen-bond acceptors (Lipinski definition) is 3. The molecule has 0 aliphatic heterocycles. The first-order chi connectivity index (χ1) is 8.11. The third-order valence-corrected chi connectivity index (χ3v) is 3.08. The van der Waals surface area contributed by atoms with Crippen molar-refractivity contribution in [2.24, 2.45) is 0 Å². The van der Waals surface area contributed by atoms with E-state index < -0.39 is 0 Å². The second-order valence-electron chi connectivity index (χ2n) is 3.85. The van der Waals surface area contributed by atoms with Crippen molar-refractivity contribution in [3.8, 4) is 5.75 Å². The Morgan fingerprint density at radius 3 is 2.82 bits per heavy atom. The molecule has 4 heteroatoms. The molecule has 0 N–H and O–H groups in total. The summed E-state index contributed by atoms with van der Waals surface area (Å²) in [5.41, 5.74) is 1.75. The van der Waals surface area contributed by atoms with Gasteiger partial charge in [-0.3, -0.25) is 9.78 Å². The average molecular weight is 250 g/mol. The van der Waals surface area contributed by atoms with Crippen molar-refractivity contribution in [1.82, 2.24) is 4.98 Å². The van der Waals surface area contributed by atoms with Crippen molar-refractivity contribution in [2.45, 2.75) is 12.8 Å². The number of methoxy groups -OCH3 is 1. The van der Waals surface area contributed by atoms with Crippen LogP contribution >= 0.6 is 11.6 Å². The minimum absolute atomic E-state index is 0.313. The van der Waals surface area contributed by atoms with Gasteiger partial charge in [0.15, 0.2) is 0 Å². The number of fused-ring (bicyclic) bond motifs is 1. The molecule has 0 radical (unpaired) electrons. The molecule has 0 aliphatic carbocycles. The van der Waals surface area contributed by atoms with Crippen LogP contribution in [0.2, 0.25) is 0 Å². The highest BCUT2D eigenvalue weighted by Crippen LogP contribution is 2.24. The van der Waals surface area contributed by atoms with Crippen LogP contribution in [0.3, 0.4) is 0 Å². The van der Waals surface area contributed by atoms with E-state index in [1.54, 1.807) is 20.2 Å². The molecule has 2 aromatic rings. The number of aromatic nitrogens is 1. The maximum atomic E-state index is 11.1. The van der Waals surface area contributed by atoms with Gasteiger partial charge in [-0.1, -0.05) is 13.0 Å². The molecule has 0 amide bonds. The Kier molecular flexibility index (Phi) is 3.29. The van der Waals surface area contributed by atoms with E-state index in [0.29, 0.717) is 5.75 Å². The first kappa shape index (κ1) is 11.9. The molecule has 0 spiro atoms. The summed E-state index contributed by atoms with van der Waals surface area (Å²) in [5, 5.41) is 0.576. The third kappa shape index (κ3) is 2.39. The van der Waals surface area contributed by atoms with Crippen LogP contribution in [0.5, 0.6) is 5.75 Å². The molecule has 1 unspecified atom stereocenters. The zero-order valence-corrected chi connectivity index (χ0v) is 10.4. The van der Waals surface area contributed by atoms with Crippen molar-refractivity contribution >= 4 is 27.7 Å². The second-order valence-corrected chi connectivity index (χ2v) is 4.23. The monoisotopic (exact) mass is 249 g/mol. The van der Waals surface area contributed by atoms with Crippen LogP contribution in [0.1, 0.15) is 18.4 Å². The van der Waals surface area contributed by atoms with Gasteiger partial charge in [0.2, 0.25) is 5.24 Å². The molecule has 1 atom stereocenters. The van der Waals surface area contributed by atoms with E-state index in [0.717, 1.165) is 16.5 Å². The van der Waals surface area contributed by atoms with Crippen molar-refractivity contribution in [2.75, 3.05) is 7.11 Å². The highest BCUT2D eigenvalue weighted by atomic mass is 35.5. The molecule has 1 aromatic carbocycles. The van der Waals surface area contributed by atoms with Gasteiger partial charge >= 0.3 is 0 Å². The second kappa shape index (κ2) is 4.72. The van der Waals surface area contributed by atoms with E-state index in [1.165, 1.54) is 0 Å². The number of benzene rings is 1. The summed E-state index contributed by atoms with van der Waals surface area (Å²) in [6, 6.07) is 7.54. The van der Waals surface area contributed by atoms with Gasteiger partial charge in [0.25, 0.3) is 0 Å². The van der Waals surface area contributed by atoms with Crippen LogP contribution in [0.25, 0.3) is 10.9 Å². The number of pyridine rings is 1. The lowest BCUT2D eigenvalue weighted by Crippen LogP contribution is -2.01. The standard InChI is InChI=1S/C13H12ClNO2/c1-8(13(14)16)9-3-4-12-10(5-9)6-11(17-2)7-15-12/h3-8H,1-2H3. The predicted molar refractivity (Wildman–Crippen MR) is 67.6 cm³/mol. The fraction of sp³-hybridized carbons (Fsp3) is 0.231. The van der Waals surface area contributed by atoms with Gasteiger partial charge in [-0.2, -0.15) is 0 Å². The number of nitrogens with zero attached hydrogens (tertiary/aromatic N) is 1. The number of ether oxygens (including phenoxy) is 1. The first-order valence-electron chi connectivity index (χ1n) is 5.25. The van der Waals surface area contributed by atoms with Gasteiger partial charge in [-0.05, 0) is 35.4 Å². The van der Waals surface area contributed by atoms with E-state index in [1.807, 2.05) is 24.3 Å². The Hall–Kier alpha value is -1.61. The topological polar surface area (TPSA) is 39.2 Å². The van der Waals surface area contributed by atoms with Gasteiger partial charge < -0.3 is 4.74 Å². The summed E-state index contributed by atoms with van der Waals surface area (Å²) in [5.74, 6) is 0.381. The maximum Gasteiger partial charge on any atom is 0.228 e. The Morgan fingerprint density at radius 1 is 1.41 bits per heavy atom. The summed E-state index contributed by atoms with van der Waals surface area (Å²) in [6.45, 7) is 1.78. The van der Waals surface area contributed by atoms with Gasteiger partial charge in [0.05, 0.1) is 24.7 Å². The highest BCUT2D eigenvalue weighted by molar-refractivity contribution is 6.64. The summed E-state index contributed by atoms with van der Waals surface area (Å²) in [4.78, 5) is 15.4. The van der Waals surface area contributed by atoms with Crippen LogP contribution in [0.15, 0.2) is 30.5 Å². The number of hydrogen-bond donors (Lipinski definition) is 0. The molecule has 0 saturated heterocycles. The van der Waals surface area contributed by atoms with Gasteiger partial charge in [-0.25, -0.2) is 0 Å².